The highest BCUT2D eigenvalue weighted by atomic mass is 16.5. The van der Waals surface area contributed by atoms with E-state index >= 15 is 0 Å². The average Bonchev–Trinajstić information content (AvgIpc) is 2.88. The Morgan fingerprint density at radius 1 is 1.22 bits per heavy atom. The maximum atomic E-state index is 11.9. The van der Waals surface area contributed by atoms with E-state index in [2.05, 4.69) is 5.32 Å². The van der Waals surface area contributed by atoms with Crippen LogP contribution in [0.1, 0.15) is 16.7 Å². The van der Waals surface area contributed by atoms with Gasteiger partial charge < -0.3 is 19.2 Å². The van der Waals surface area contributed by atoms with E-state index in [4.69, 9.17) is 13.9 Å². The Morgan fingerprint density at radius 2 is 1.96 bits per heavy atom. The van der Waals surface area contributed by atoms with Gasteiger partial charge in [-0.05, 0) is 37.1 Å². The van der Waals surface area contributed by atoms with Crippen molar-refractivity contribution in [2.75, 3.05) is 26.9 Å². The Balaban J connectivity index is 1.91. The first-order valence-electron chi connectivity index (χ1n) is 7.40. The summed E-state index contributed by atoms with van der Waals surface area (Å²) in [6, 6.07) is 3.94. The fraction of sp³-hybridized carbons (Fsp3) is 0.412. The first-order valence-corrected chi connectivity index (χ1v) is 7.40. The van der Waals surface area contributed by atoms with E-state index < -0.39 is 5.97 Å². The van der Waals surface area contributed by atoms with Crippen molar-refractivity contribution in [1.82, 2.24) is 5.32 Å². The summed E-state index contributed by atoms with van der Waals surface area (Å²) in [5.74, 6) is -0.813. The highest BCUT2D eigenvalue weighted by Crippen LogP contribution is 2.25. The van der Waals surface area contributed by atoms with E-state index in [9.17, 15) is 9.59 Å². The molecule has 1 amide bonds. The Kier molecular flexibility index (Phi) is 5.76. The van der Waals surface area contributed by atoms with Crippen LogP contribution < -0.4 is 5.32 Å². The summed E-state index contributed by atoms with van der Waals surface area (Å²) >= 11 is 0. The van der Waals surface area contributed by atoms with Gasteiger partial charge in [-0.1, -0.05) is 0 Å². The third-order valence-corrected chi connectivity index (χ3v) is 3.60. The molecule has 124 valence electrons. The molecule has 0 aliphatic rings. The number of carbonyl (C=O) groups excluding carboxylic acids is 2. The Bertz CT molecular complexity index is 704. The van der Waals surface area contributed by atoms with Gasteiger partial charge in [0.05, 0.1) is 19.3 Å². The number of furan rings is 1. The second kappa shape index (κ2) is 7.78. The van der Waals surface area contributed by atoms with E-state index in [1.165, 1.54) is 0 Å². The van der Waals surface area contributed by atoms with Gasteiger partial charge in [-0.2, -0.15) is 0 Å². The van der Waals surface area contributed by atoms with Crippen LogP contribution in [-0.4, -0.2) is 38.7 Å². The van der Waals surface area contributed by atoms with Crippen molar-refractivity contribution in [2.45, 2.75) is 20.3 Å². The van der Waals surface area contributed by atoms with Gasteiger partial charge in [0.2, 0.25) is 0 Å². The smallest absolute Gasteiger partial charge is 0.310 e. The van der Waals surface area contributed by atoms with Crippen molar-refractivity contribution in [1.29, 1.82) is 0 Å². The summed E-state index contributed by atoms with van der Waals surface area (Å²) in [4.78, 5) is 23.3. The average molecular weight is 319 g/mol. The predicted molar refractivity (Wildman–Crippen MR) is 85.2 cm³/mol. The molecule has 0 saturated heterocycles. The molecule has 2 aromatic rings. The number of esters is 1. The van der Waals surface area contributed by atoms with Crippen LogP contribution >= 0.6 is 0 Å². The van der Waals surface area contributed by atoms with Crippen molar-refractivity contribution in [2.24, 2.45) is 0 Å². The molecule has 1 heterocycles. The zero-order chi connectivity index (χ0) is 16.8. The van der Waals surface area contributed by atoms with Gasteiger partial charge in [0.15, 0.2) is 6.61 Å². The molecular formula is C17H21NO5. The maximum absolute atomic E-state index is 11.9. The van der Waals surface area contributed by atoms with Gasteiger partial charge in [-0.15, -0.1) is 0 Å². The number of nitrogens with one attached hydrogen (secondary N) is 1. The lowest BCUT2D eigenvalue weighted by molar-refractivity contribution is -0.147. The van der Waals surface area contributed by atoms with Crippen LogP contribution in [0.2, 0.25) is 0 Å². The van der Waals surface area contributed by atoms with Crippen LogP contribution in [0.15, 0.2) is 22.8 Å². The molecule has 0 saturated carbocycles. The fourth-order valence-electron chi connectivity index (χ4n) is 2.17. The zero-order valence-electron chi connectivity index (χ0n) is 13.6. The highest BCUT2D eigenvalue weighted by Gasteiger charge is 2.13. The Labute approximate surface area is 134 Å². The third kappa shape index (κ3) is 4.56. The van der Waals surface area contributed by atoms with E-state index in [1.54, 1.807) is 13.4 Å². The van der Waals surface area contributed by atoms with Crippen molar-refractivity contribution < 1.29 is 23.5 Å². The third-order valence-electron chi connectivity index (χ3n) is 3.60. The van der Waals surface area contributed by atoms with Crippen LogP contribution in [0.25, 0.3) is 11.0 Å². The maximum Gasteiger partial charge on any atom is 0.310 e. The second-order valence-electron chi connectivity index (χ2n) is 5.37. The minimum atomic E-state index is -0.465. The normalized spacial score (nSPS) is 10.7. The number of amides is 1. The molecular weight excluding hydrogens is 298 g/mol. The number of hydrogen-bond donors (Lipinski definition) is 1. The lowest BCUT2D eigenvalue weighted by Gasteiger charge is -2.06. The minimum absolute atomic E-state index is 0.0703. The summed E-state index contributed by atoms with van der Waals surface area (Å²) < 4.78 is 15.3. The molecule has 2 rings (SSSR count). The van der Waals surface area contributed by atoms with Crippen LogP contribution in [-0.2, 0) is 25.5 Å². The summed E-state index contributed by atoms with van der Waals surface area (Å²) in [5, 5.41) is 3.48. The molecule has 0 aliphatic carbocycles. The first-order chi connectivity index (χ1) is 11.0. The molecule has 0 radical (unpaired) electrons. The van der Waals surface area contributed by atoms with Crippen LogP contribution in [0.3, 0.4) is 0 Å². The summed E-state index contributed by atoms with van der Waals surface area (Å²) in [7, 11) is 1.55. The SMILES string of the molecule is COCCNC(=O)COC(=O)Cc1coc2cc(C)c(C)cc12. The van der Waals surface area contributed by atoms with Crippen molar-refractivity contribution in [3.63, 3.8) is 0 Å². The minimum Gasteiger partial charge on any atom is -0.464 e. The molecule has 6 nitrogen and oxygen atoms in total. The molecule has 0 unspecified atom stereocenters. The summed E-state index contributed by atoms with van der Waals surface area (Å²) in [6.45, 7) is 4.52. The number of methoxy groups -OCH3 is 1. The van der Waals surface area contributed by atoms with E-state index in [1.807, 2.05) is 26.0 Å². The highest BCUT2D eigenvalue weighted by molar-refractivity contribution is 5.87. The van der Waals surface area contributed by atoms with Gasteiger partial charge >= 0.3 is 5.97 Å². The largest absolute Gasteiger partial charge is 0.464 e. The molecule has 0 fully saturated rings. The first kappa shape index (κ1) is 17.0. The topological polar surface area (TPSA) is 77.8 Å². The molecule has 0 bridgehead atoms. The Morgan fingerprint density at radius 3 is 2.70 bits per heavy atom. The second-order valence-corrected chi connectivity index (χ2v) is 5.37. The molecule has 1 aromatic heterocycles. The number of aryl methyl sites for hydroxylation is 2. The zero-order valence-corrected chi connectivity index (χ0v) is 13.6. The van der Waals surface area contributed by atoms with Gasteiger partial charge in [-0.25, -0.2) is 0 Å². The van der Waals surface area contributed by atoms with Gasteiger partial charge in [0.25, 0.3) is 5.91 Å². The molecule has 0 atom stereocenters. The van der Waals surface area contributed by atoms with Gasteiger partial charge in [-0.3, -0.25) is 9.59 Å². The number of ether oxygens (including phenoxy) is 2. The quantitative estimate of drug-likeness (QED) is 0.623. The number of benzene rings is 1. The van der Waals surface area contributed by atoms with Gasteiger partial charge in [0.1, 0.15) is 5.58 Å². The fourth-order valence-corrected chi connectivity index (χ4v) is 2.17. The standard InChI is InChI=1S/C17H21NO5/c1-11-6-14-13(9-22-15(14)7-12(11)2)8-17(20)23-10-16(19)18-4-5-21-3/h6-7,9H,4-5,8,10H2,1-3H3,(H,18,19). The van der Waals surface area contributed by atoms with E-state index in [0.29, 0.717) is 13.2 Å². The number of fused-ring (bicyclic) bond motifs is 1. The molecule has 1 N–H and O–H groups in total. The lowest BCUT2D eigenvalue weighted by atomic mass is 10.0. The van der Waals surface area contributed by atoms with E-state index in [0.717, 1.165) is 27.7 Å². The number of rotatable bonds is 7. The molecule has 6 heteroatoms. The molecule has 23 heavy (non-hydrogen) atoms. The van der Waals surface area contributed by atoms with Crippen LogP contribution in [0.4, 0.5) is 0 Å². The van der Waals surface area contributed by atoms with E-state index in [-0.39, 0.29) is 18.9 Å². The number of carbonyl (C=O) groups is 2. The monoisotopic (exact) mass is 319 g/mol. The van der Waals surface area contributed by atoms with Crippen LogP contribution in [0.5, 0.6) is 0 Å². The van der Waals surface area contributed by atoms with Crippen molar-refractivity contribution in [3.05, 3.63) is 35.1 Å². The van der Waals surface area contributed by atoms with Gasteiger partial charge in [0, 0.05) is 24.6 Å². The van der Waals surface area contributed by atoms with Crippen molar-refractivity contribution >= 4 is 22.8 Å². The van der Waals surface area contributed by atoms with Crippen LogP contribution in [0, 0.1) is 13.8 Å². The molecule has 0 aliphatic heterocycles. The lowest BCUT2D eigenvalue weighted by Crippen LogP contribution is -2.31. The predicted octanol–water partition coefficient (Wildman–Crippen LogP) is 1.90. The summed E-state index contributed by atoms with van der Waals surface area (Å²) in [6.07, 6.45) is 1.63. The Hall–Kier alpha value is -2.34. The summed E-state index contributed by atoms with van der Waals surface area (Å²) in [5.41, 5.74) is 3.76. The van der Waals surface area contributed by atoms with Crippen molar-refractivity contribution in [3.8, 4) is 0 Å². The molecule has 1 aromatic carbocycles. The molecule has 0 spiro atoms. The number of hydrogen-bond acceptors (Lipinski definition) is 5.